The number of guanidine groups is 1. The van der Waals surface area contributed by atoms with E-state index >= 15 is 0 Å². The highest BCUT2D eigenvalue weighted by molar-refractivity contribution is 5.79. The number of aliphatic imine (C=N–C) groups is 1. The van der Waals surface area contributed by atoms with Gasteiger partial charge in [-0.15, -0.1) is 0 Å². The van der Waals surface area contributed by atoms with Crippen LogP contribution in [0.25, 0.3) is 0 Å². The monoisotopic (exact) mass is 389 g/mol. The van der Waals surface area contributed by atoms with Gasteiger partial charge in [-0.3, -0.25) is 9.89 Å². The minimum atomic E-state index is -4.11. The maximum atomic E-state index is 12.4. The van der Waals surface area contributed by atoms with Crippen molar-refractivity contribution in [2.45, 2.75) is 51.7 Å². The van der Waals surface area contributed by atoms with Gasteiger partial charge in [0.25, 0.3) is 0 Å². The second-order valence-electron chi connectivity index (χ2n) is 7.35. The van der Waals surface area contributed by atoms with Crippen molar-refractivity contribution in [1.29, 1.82) is 0 Å². The number of alkyl halides is 3. The van der Waals surface area contributed by atoms with E-state index in [1.54, 1.807) is 7.05 Å². The van der Waals surface area contributed by atoms with Crippen molar-refractivity contribution in [2.75, 3.05) is 33.2 Å². The molecule has 0 spiro atoms. The second kappa shape index (κ2) is 9.96. The Labute approximate surface area is 158 Å². The molecule has 0 aromatic carbocycles. The van der Waals surface area contributed by atoms with E-state index in [2.05, 4.69) is 34.6 Å². The van der Waals surface area contributed by atoms with Gasteiger partial charge in [0.05, 0.1) is 18.8 Å². The molecule has 2 heterocycles. The number of aromatic nitrogens is 1. The Kier molecular flexibility index (Phi) is 7.94. The summed E-state index contributed by atoms with van der Waals surface area (Å²) in [4.78, 5) is 5.67. The molecule has 154 valence electrons. The molecule has 2 N–H and O–H groups in total. The largest absolute Gasteiger partial charge is 0.401 e. The molecule has 1 aromatic rings. The van der Waals surface area contributed by atoms with Crippen molar-refractivity contribution in [3.63, 3.8) is 0 Å². The zero-order valence-electron chi connectivity index (χ0n) is 16.3. The van der Waals surface area contributed by atoms with Gasteiger partial charge in [-0.25, -0.2) is 0 Å². The predicted octanol–water partition coefficient (Wildman–Crippen LogP) is 3.13. The molecule has 2 rings (SSSR count). The van der Waals surface area contributed by atoms with Crippen LogP contribution in [0.4, 0.5) is 13.2 Å². The first-order valence-corrected chi connectivity index (χ1v) is 9.46. The Morgan fingerprint density at radius 1 is 1.33 bits per heavy atom. The Balaban J connectivity index is 1.63. The van der Waals surface area contributed by atoms with Crippen LogP contribution >= 0.6 is 0 Å². The fraction of sp³-hybridized carbons (Fsp3) is 0.778. The quantitative estimate of drug-likeness (QED) is 0.554. The summed E-state index contributed by atoms with van der Waals surface area (Å²) >= 11 is 0. The topological polar surface area (TPSA) is 65.7 Å². The lowest BCUT2D eigenvalue weighted by molar-refractivity contribution is -0.148. The summed E-state index contributed by atoms with van der Waals surface area (Å²) < 4.78 is 42.5. The molecule has 9 heteroatoms. The van der Waals surface area contributed by atoms with Gasteiger partial charge in [-0.2, -0.15) is 13.2 Å². The molecule has 0 amide bonds. The highest BCUT2D eigenvalue weighted by Gasteiger charge is 2.32. The van der Waals surface area contributed by atoms with Crippen molar-refractivity contribution in [2.24, 2.45) is 10.9 Å². The lowest BCUT2D eigenvalue weighted by Gasteiger charge is -2.32. The number of hydrogen-bond donors (Lipinski definition) is 2. The van der Waals surface area contributed by atoms with Gasteiger partial charge in [-0.1, -0.05) is 19.0 Å². The lowest BCUT2D eigenvalue weighted by atomic mass is 9.93. The summed E-state index contributed by atoms with van der Waals surface area (Å²) in [5, 5.41) is 10.5. The summed E-state index contributed by atoms with van der Waals surface area (Å²) in [6.07, 6.45) is -1.58. The third-order valence-corrected chi connectivity index (χ3v) is 4.78. The van der Waals surface area contributed by atoms with Crippen LogP contribution in [0.2, 0.25) is 0 Å². The molecule has 0 aliphatic carbocycles. The normalized spacial score (nSPS) is 17.5. The van der Waals surface area contributed by atoms with Crippen LogP contribution in [0, 0.1) is 5.92 Å². The van der Waals surface area contributed by atoms with E-state index in [0.717, 1.165) is 37.3 Å². The first-order chi connectivity index (χ1) is 12.8. The Morgan fingerprint density at radius 3 is 2.59 bits per heavy atom. The zero-order valence-corrected chi connectivity index (χ0v) is 16.3. The number of piperidine rings is 1. The van der Waals surface area contributed by atoms with Crippen molar-refractivity contribution in [3.05, 3.63) is 17.5 Å². The van der Waals surface area contributed by atoms with E-state index in [9.17, 15) is 13.2 Å². The van der Waals surface area contributed by atoms with Crippen LogP contribution in [-0.4, -0.2) is 55.4 Å². The molecule has 1 fully saturated rings. The standard InChI is InChI=1S/C18H30F3N5O/c1-13(2)16-10-15(27-25-16)11-24-17(22-3)23-7-4-14-5-8-26(9-6-14)12-18(19,20)21/h10,13-14H,4-9,11-12H2,1-3H3,(H2,22,23,24). The molecule has 0 bridgehead atoms. The molecule has 6 nitrogen and oxygen atoms in total. The Bertz CT molecular complexity index is 592. The van der Waals surface area contributed by atoms with Crippen LogP contribution in [0.3, 0.4) is 0 Å². The fourth-order valence-corrected chi connectivity index (χ4v) is 3.16. The molecule has 0 saturated carbocycles. The average Bonchev–Trinajstić information content (AvgIpc) is 3.07. The molecule has 0 atom stereocenters. The van der Waals surface area contributed by atoms with Crippen molar-refractivity contribution in [1.82, 2.24) is 20.7 Å². The van der Waals surface area contributed by atoms with Crippen LogP contribution in [-0.2, 0) is 6.54 Å². The highest BCUT2D eigenvalue weighted by Crippen LogP contribution is 2.24. The van der Waals surface area contributed by atoms with E-state index in [1.165, 1.54) is 4.90 Å². The second-order valence-corrected chi connectivity index (χ2v) is 7.35. The minimum absolute atomic E-state index is 0.322. The van der Waals surface area contributed by atoms with Gasteiger partial charge < -0.3 is 15.2 Å². The van der Waals surface area contributed by atoms with E-state index in [1.807, 2.05) is 6.07 Å². The van der Waals surface area contributed by atoms with E-state index in [-0.39, 0.29) is 0 Å². The number of nitrogens with one attached hydrogen (secondary N) is 2. The zero-order chi connectivity index (χ0) is 19.9. The molecular formula is C18H30F3N5O. The first kappa shape index (κ1) is 21.5. The van der Waals surface area contributed by atoms with Gasteiger partial charge in [0.2, 0.25) is 0 Å². The van der Waals surface area contributed by atoms with Crippen LogP contribution in [0.1, 0.15) is 50.5 Å². The summed E-state index contributed by atoms with van der Waals surface area (Å²) in [6.45, 7) is 5.58. The summed E-state index contributed by atoms with van der Waals surface area (Å²) in [5.74, 6) is 2.19. The predicted molar refractivity (Wildman–Crippen MR) is 98.6 cm³/mol. The maximum absolute atomic E-state index is 12.4. The Hall–Kier alpha value is -1.77. The average molecular weight is 389 g/mol. The first-order valence-electron chi connectivity index (χ1n) is 9.46. The molecule has 0 radical (unpaired) electrons. The van der Waals surface area contributed by atoms with E-state index < -0.39 is 12.7 Å². The van der Waals surface area contributed by atoms with E-state index in [0.29, 0.717) is 37.4 Å². The molecule has 1 aliphatic heterocycles. The molecule has 1 aromatic heterocycles. The number of rotatable bonds is 7. The highest BCUT2D eigenvalue weighted by atomic mass is 19.4. The van der Waals surface area contributed by atoms with Crippen LogP contribution < -0.4 is 10.6 Å². The van der Waals surface area contributed by atoms with Crippen molar-refractivity contribution in [3.8, 4) is 0 Å². The van der Waals surface area contributed by atoms with Gasteiger partial charge in [0, 0.05) is 19.7 Å². The van der Waals surface area contributed by atoms with Crippen LogP contribution in [0.15, 0.2) is 15.6 Å². The molecule has 1 aliphatic rings. The summed E-state index contributed by atoms with van der Waals surface area (Å²) in [6, 6.07) is 1.93. The lowest BCUT2D eigenvalue weighted by Crippen LogP contribution is -2.41. The third kappa shape index (κ3) is 7.78. The minimum Gasteiger partial charge on any atom is -0.359 e. The van der Waals surface area contributed by atoms with Gasteiger partial charge in [0.1, 0.15) is 0 Å². The van der Waals surface area contributed by atoms with Crippen molar-refractivity contribution >= 4 is 5.96 Å². The maximum Gasteiger partial charge on any atom is 0.401 e. The molecular weight excluding hydrogens is 359 g/mol. The Morgan fingerprint density at radius 2 is 2.04 bits per heavy atom. The van der Waals surface area contributed by atoms with E-state index in [4.69, 9.17) is 4.52 Å². The van der Waals surface area contributed by atoms with Gasteiger partial charge in [0.15, 0.2) is 11.7 Å². The SMILES string of the molecule is CN=C(NCCC1CCN(CC(F)(F)F)CC1)NCc1cc(C(C)C)no1. The van der Waals surface area contributed by atoms with Gasteiger partial charge >= 0.3 is 6.18 Å². The molecule has 1 saturated heterocycles. The third-order valence-electron chi connectivity index (χ3n) is 4.78. The fourth-order valence-electron chi connectivity index (χ4n) is 3.16. The number of halogens is 3. The molecule has 27 heavy (non-hydrogen) atoms. The molecule has 0 unspecified atom stereocenters. The number of nitrogens with zero attached hydrogens (tertiary/aromatic N) is 3. The smallest absolute Gasteiger partial charge is 0.359 e. The van der Waals surface area contributed by atoms with Gasteiger partial charge in [-0.05, 0) is 44.2 Å². The number of likely N-dealkylation sites (tertiary alicyclic amines) is 1. The summed E-state index contributed by atoms with van der Waals surface area (Å²) in [7, 11) is 1.70. The van der Waals surface area contributed by atoms with Crippen molar-refractivity contribution < 1.29 is 17.7 Å². The number of hydrogen-bond acceptors (Lipinski definition) is 4. The van der Waals surface area contributed by atoms with Crippen LogP contribution in [0.5, 0.6) is 0 Å². The summed E-state index contributed by atoms with van der Waals surface area (Å²) in [5.41, 5.74) is 0.923.